The number of hydrogen-bond donors (Lipinski definition) is 1. The molecule has 0 saturated heterocycles. The SMILES string of the molecule is OC(Cc1ccc(Cl)s1)c1coc2ccccc12. The molecule has 3 aromatic rings. The first kappa shape index (κ1) is 11.8. The third kappa shape index (κ3) is 2.17. The van der Waals surface area contributed by atoms with Crippen molar-refractivity contribution in [1.82, 2.24) is 0 Å². The van der Waals surface area contributed by atoms with Gasteiger partial charge >= 0.3 is 0 Å². The fourth-order valence-corrected chi connectivity index (χ4v) is 3.14. The molecule has 2 heterocycles. The first-order chi connectivity index (χ1) is 8.74. The number of rotatable bonds is 3. The van der Waals surface area contributed by atoms with E-state index in [1.165, 1.54) is 11.3 Å². The molecule has 92 valence electrons. The molecule has 4 heteroatoms. The van der Waals surface area contributed by atoms with Crippen LogP contribution in [-0.2, 0) is 6.42 Å². The van der Waals surface area contributed by atoms with Crippen LogP contribution in [0.25, 0.3) is 11.0 Å². The fourth-order valence-electron chi connectivity index (χ4n) is 2.02. The van der Waals surface area contributed by atoms with Crippen molar-refractivity contribution in [1.29, 1.82) is 0 Å². The van der Waals surface area contributed by atoms with E-state index in [-0.39, 0.29) is 0 Å². The molecule has 2 aromatic heterocycles. The van der Waals surface area contributed by atoms with Crippen LogP contribution in [0.4, 0.5) is 0 Å². The molecule has 1 unspecified atom stereocenters. The molecule has 0 spiro atoms. The van der Waals surface area contributed by atoms with Gasteiger partial charge in [0.2, 0.25) is 0 Å². The normalized spacial score (nSPS) is 13.0. The van der Waals surface area contributed by atoms with Gasteiger partial charge in [0, 0.05) is 22.2 Å². The van der Waals surface area contributed by atoms with Crippen LogP contribution in [0.2, 0.25) is 4.34 Å². The zero-order valence-corrected chi connectivity index (χ0v) is 11.0. The number of benzene rings is 1. The molecule has 0 aliphatic rings. The molecule has 0 radical (unpaired) electrons. The summed E-state index contributed by atoms with van der Waals surface area (Å²) in [6.07, 6.45) is 1.62. The molecular weight excluding hydrogens is 268 g/mol. The Bertz CT molecular complexity index is 671. The van der Waals surface area contributed by atoms with Crippen molar-refractivity contribution in [3.8, 4) is 0 Å². The molecular formula is C14H11ClO2S. The average Bonchev–Trinajstić information content (AvgIpc) is 2.95. The highest BCUT2D eigenvalue weighted by atomic mass is 35.5. The van der Waals surface area contributed by atoms with E-state index in [1.807, 2.05) is 36.4 Å². The summed E-state index contributed by atoms with van der Waals surface area (Å²) < 4.78 is 6.18. The number of furan rings is 1. The predicted octanol–water partition coefficient (Wildman–Crippen LogP) is 4.42. The first-order valence-electron chi connectivity index (χ1n) is 5.62. The molecule has 0 fully saturated rings. The lowest BCUT2D eigenvalue weighted by atomic mass is 10.1. The molecule has 18 heavy (non-hydrogen) atoms. The zero-order valence-electron chi connectivity index (χ0n) is 9.47. The fraction of sp³-hybridized carbons (Fsp3) is 0.143. The van der Waals surface area contributed by atoms with Gasteiger partial charge in [0.05, 0.1) is 16.7 Å². The molecule has 3 rings (SSSR count). The van der Waals surface area contributed by atoms with Crippen molar-refractivity contribution in [2.24, 2.45) is 0 Å². The smallest absolute Gasteiger partial charge is 0.134 e. The standard InChI is InChI=1S/C14H11ClO2S/c15-14-6-5-9(18-14)7-12(16)11-8-17-13-4-2-1-3-10(11)13/h1-6,8,12,16H,7H2. The van der Waals surface area contributed by atoms with Gasteiger partial charge < -0.3 is 9.52 Å². The first-order valence-corrected chi connectivity index (χ1v) is 6.82. The average molecular weight is 279 g/mol. The van der Waals surface area contributed by atoms with Crippen LogP contribution in [0.3, 0.4) is 0 Å². The largest absolute Gasteiger partial charge is 0.464 e. The van der Waals surface area contributed by atoms with Gasteiger partial charge in [-0.15, -0.1) is 11.3 Å². The monoisotopic (exact) mass is 278 g/mol. The van der Waals surface area contributed by atoms with Crippen molar-refractivity contribution in [3.63, 3.8) is 0 Å². The lowest BCUT2D eigenvalue weighted by Crippen LogP contribution is -1.99. The summed E-state index contributed by atoms with van der Waals surface area (Å²) in [5, 5.41) is 11.2. The zero-order chi connectivity index (χ0) is 12.5. The van der Waals surface area contributed by atoms with Gasteiger partial charge in [-0.1, -0.05) is 29.8 Å². The minimum atomic E-state index is -0.566. The summed E-state index contributed by atoms with van der Waals surface area (Å²) in [5.74, 6) is 0. The van der Waals surface area contributed by atoms with Crippen LogP contribution in [0.1, 0.15) is 16.5 Å². The summed E-state index contributed by atoms with van der Waals surface area (Å²) in [6.45, 7) is 0. The summed E-state index contributed by atoms with van der Waals surface area (Å²) >= 11 is 7.38. The lowest BCUT2D eigenvalue weighted by molar-refractivity contribution is 0.180. The van der Waals surface area contributed by atoms with Gasteiger partial charge in [-0.3, -0.25) is 0 Å². The lowest BCUT2D eigenvalue weighted by Gasteiger charge is -2.07. The topological polar surface area (TPSA) is 33.4 Å². The Morgan fingerprint density at radius 3 is 2.83 bits per heavy atom. The maximum absolute atomic E-state index is 10.3. The number of thiophene rings is 1. The summed E-state index contributed by atoms with van der Waals surface area (Å²) in [7, 11) is 0. The van der Waals surface area contributed by atoms with Crippen LogP contribution in [0.5, 0.6) is 0 Å². The molecule has 0 bridgehead atoms. The molecule has 0 amide bonds. The number of aliphatic hydroxyl groups is 1. The van der Waals surface area contributed by atoms with Crippen molar-refractivity contribution < 1.29 is 9.52 Å². The maximum atomic E-state index is 10.3. The minimum Gasteiger partial charge on any atom is -0.464 e. The van der Waals surface area contributed by atoms with Gasteiger partial charge in [0.25, 0.3) is 0 Å². The van der Waals surface area contributed by atoms with E-state index in [2.05, 4.69) is 0 Å². The molecule has 1 N–H and O–H groups in total. The number of hydrogen-bond acceptors (Lipinski definition) is 3. The summed E-state index contributed by atoms with van der Waals surface area (Å²) in [4.78, 5) is 1.07. The third-order valence-electron chi connectivity index (χ3n) is 2.89. The Balaban J connectivity index is 1.90. The van der Waals surface area contributed by atoms with E-state index in [1.54, 1.807) is 6.26 Å². The number of halogens is 1. The Hall–Kier alpha value is -1.29. The van der Waals surface area contributed by atoms with Gasteiger partial charge in [-0.2, -0.15) is 0 Å². The summed E-state index contributed by atoms with van der Waals surface area (Å²) in [6, 6.07) is 11.5. The Kier molecular flexibility index (Phi) is 3.12. The van der Waals surface area contributed by atoms with Gasteiger partial charge in [0.15, 0.2) is 0 Å². The highest BCUT2D eigenvalue weighted by molar-refractivity contribution is 7.16. The predicted molar refractivity (Wildman–Crippen MR) is 74.2 cm³/mol. The third-order valence-corrected chi connectivity index (χ3v) is 4.15. The van der Waals surface area contributed by atoms with Crippen molar-refractivity contribution in [2.75, 3.05) is 0 Å². The van der Waals surface area contributed by atoms with E-state index in [4.69, 9.17) is 16.0 Å². The molecule has 0 saturated carbocycles. The molecule has 0 aliphatic carbocycles. The van der Waals surface area contributed by atoms with Crippen LogP contribution >= 0.6 is 22.9 Å². The van der Waals surface area contributed by atoms with Crippen molar-refractivity contribution in [3.05, 3.63) is 57.4 Å². The number of para-hydroxylation sites is 1. The van der Waals surface area contributed by atoms with Crippen LogP contribution < -0.4 is 0 Å². The minimum absolute atomic E-state index is 0.556. The van der Waals surface area contributed by atoms with Crippen LogP contribution in [0.15, 0.2) is 47.1 Å². The summed E-state index contributed by atoms with van der Waals surface area (Å²) in [5.41, 5.74) is 1.63. The Morgan fingerprint density at radius 2 is 2.06 bits per heavy atom. The Labute approximate surface area is 113 Å². The van der Waals surface area contributed by atoms with Gasteiger partial charge in [-0.25, -0.2) is 0 Å². The molecule has 0 aliphatic heterocycles. The second kappa shape index (κ2) is 4.76. The second-order valence-electron chi connectivity index (χ2n) is 4.11. The van der Waals surface area contributed by atoms with E-state index in [0.717, 1.165) is 25.7 Å². The van der Waals surface area contributed by atoms with E-state index >= 15 is 0 Å². The van der Waals surface area contributed by atoms with Crippen molar-refractivity contribution >= 4 is 33.9 Å². The van der Waals surface area contributed by atoms with E-state index < -0.39 is 6.10 Å². The highest BCUT2D eigenvalue weighted by Crippen LogP contribution is 2.31. The molecule has 1 atom stereocenters. The van der Waals surface area contributed by atoms with Crippen LogP contribution in [-0.4, -0.2) is 5.11 Å². The van der Waals surface area contributed by atoms with Gasteiger partial charge in [-0.05, 0) is 18.2 Å². The second-order valence-corrected chi connectivity index (χ2v) is 5.91. The van der Waals surface area contributed by atoms with Crippen molar-refractivity contribution in [2.45, 2.75) is 12.5 Å². The van der Waals surface area contributed by atoms with Gasteiger partial charge in [0.1, 0.15) is 5.58 Å². The van der Waals surface area contributed by atoms with E-state index in [9.17, 15) is 5.11 Å². The highest BCUT2D eigenvalue weighted by Gasteiger charge is 2.15. The maximum Gasteiger partial charge on any atom is 0.134 e. The molecule has 1 aromatic carbocycles. The number of aliphatic hydroxyl groups excluding tert-OH is 1. The quantitative estimate of drug-likeness (QED) is 0.769. The van der Waals surface area contributed by atoms with Crippen LogP contribution in [0, 0.1) is 0 Å². The van der Waals surface area contributed by atoms with E-state index in [0.29, 0.717) is 6.42 Å². The Morgan fingerprint density at radius 1 is 1.22 bits per heavy atom. The molecule has 2 nitrogen and oxygen atoms in total. The number of fused-ring (bicyclic) bond motifs is 1.